The Morgan fingerprint density at radius 1 is 1.47 bits per heavy atom. The largest absolute Gasteiger partial charge is 0.461 e. The molecule has 0 unspecified atom stereocenters. The highest BCUT2D eigenvalue weighted by Gasteiger charge is 2.21. The van der Waals surface area contributed by atoms with Gasteiger partial charge in [-0.1, -0.05) is 13.3 Å². The molecule has 1 aliphatic heterocycles. The molecule has 0 aromatic rings. The van der Waals surface area contributed by atoms with E-state index in [9.17, 15) is 4.79 Å². The van der Waals surface area contributed by atoms with E-state index in [2.05, 4.69) is 11.8 Å². The van der Waals surface area contributed by atoms with Crippen molar-refractivity contribution in [3.63, 3.8) is 0 Å². The predicted molar refractivity (Wildman–Crippen MR) is 61.2 cm³/mol. The van der Waals surface area contributed by atoms with E-state index >= 15 is 0 Å². The number of nitrogens with zero attached hydrogens (tertiary/aromatic N) is 1. The smallest absolute Gasteiger partial charge is 0.321 e. The van der Waals surface area contributed by atoms with E-state index < -0.39 is 0 Å². The summed E-state index contributed by atoms with van der Waals surface area (Å²) in [6.45, 7) is 5.46. The number of likely N-dealkylation sites (tertiary alicyclic amines) is 1. The Labute approximate surface area is 96.7 Å². The summed E-state index contributed by atoms with van der Waals surface area (Å²) in [4.78, 5) is 13.4. The Morgan fingerprint density at radius 2 is 2.13 bits per heavy atom. The molecule has 0 radical (unpaired) electrons. The van der Waals surface area contributed by atoms with Crippen LogP contribution in [0.3, 0.4) is 0 Å². The Bertz CT molecular complexity index is 191. The molecule has 15 heavy (non-hydrogen) atoms. The van der Waals surface area contributed by atoms with Crippen LogP contribution >= 0.6 is 11.6 Å². The number of hydrogen-bond acceptors (Lipinski definition) is 3. The molecule has 0 aromatic carbocycles. The van der Waals surface area contributed by atoms with Crippen LogP contribution in [0.25, 0.3) is 0 Å². The van der Waals surface area contributed by atoms with Crippen molar-refractivity contribution >= 4 is 17.6 Å². The fourth-order valence-electron chi connectivity index (χ4n) is 1.85. The third-order valence-corrected chi connectivity index (χ3v) is 2.99. The molecule has 0 aromatic heterocycles. The first-order valence-corrected chi connectivity index (χ1v) is 6.27. The van der Waals surface area contributed by atoms with Gasteiger partial charge in [-0.15, -0.1) is 11.6 Å². The summed E-state index contributed by atoms with van der Waals surface area (Å²) in [6, 6.07) is 0. The van der Waals surface area contributed by atoms with Gasteiger partial charge in [-0.25, -0.2) is 0 Å². The molecule has 0 atom stereocenters. The number of alkyl halides is 1. The number of unbranched alkanes of at least 4 members (excludes halogenated alkanes) is 1. The SMILES string of the molecule is CCCCN1CCC(OC(=O)CCl)CC1. The van der Waals surface area contributed by atoms with Crippen LogP contribution in [0.2, 0.25) is 0 Å². The van der Waals surface area contributed by atoms with E-state index in [0.717, 1.165) is 25.9 Å². The second-order valence-electron chi connectivity index (χ2n) is 4.02. The molecule has 1 saturated heterocycles. The molecule has 0 amide bonds. The zero-order valence-corrected chi connectivity index (χ0v) is 10.1. The second-order valence-corrected chi connectivity index (χ2v) is 4.29. The molecular weight excluding hydrogens is 214 g/mol. The van der Waals surface area contributed by atoms with Gasteiger partial charge in [-0.2, -0.15) is 0 Å². The summed E-state index contributed by atoms with van der Waals surface area (Å²) in [5.74, 6) is -0.320. The quantitative estimate of drug-likeness (QED) is 0.538. The van der Waals surface area contributed by atoms with Crippen molar-refractivity contribution in [3.05, 3.63) is 0 Å². The summed E-state index contributed by atoms with van der Waals surface area (Å²) in [5, 5.41) is 0. The minimum atomic E-state index is -0.288. The highest BCUT2D eigenvalue weighted by molar-refractivity contribution is 6.26. The number of carbonyl (C=O) groups excluding carboxylic acids is 1. The highest BCUT2D eigenvalue weighted by atomic mass is 35.5. The van der Waals surface area contributed by atoms with Gasteiger partial charge in [0.1, 0.15) is 12.0 Å². The molecule has 0 N–H and O–H groups in total. The number of carbonyl (C=O) groups is 1. The van der Waals surface area contributed by atoms with E-state index in [0.29, 0.717) is 0 Å². The van der Waals surface area contributed by atoms with Crippen molar-refractivity contribution in [3.8, 4) is 0 Å². The lowest BCUT2D eigenvalue weighted by molar-refractivity contribution is -0.148. The maximum Gasteiger partial charge on any atom is 0.321 e. The molecule has 0 spiro atoms. The van der Waals surface area contributed by atoms with Crippen molar-refractivity contribution in [1.29, 1.82) is 0 Å². The summed E-state index contributed by atoms with van der Waals surface area (Å²) >= 11 is 5.38. The Hall–Kier alpha value is -0.280. The van der Waals surface area contributed by atoms with Crippen LogP contribution in [0.15, 0.2) is 0 Å². The first-order valence-electron chi connectivity index (χ1n) is 5.74. The lowest BCUT2D eigenvalue weighted by atomic mass is 10.1. The van der Waals surface area contributed by atoms with Gasteiger partial charge in [0, 0.05) is 13.1 Å². The predicted octanol–water partition coefficient (Wildman–Crippen LogP) is 2.03. The topological polar surface area (TPSA) is 29.5 Å². The fraction of sp³-hybridized carbons (Fsp3) is 0.909. The van der Waals surface area contributed by atoms with Crippen molar-refractivity contribution in [2.45, 2.75) is 38.7 Å². The minimum Gasteiger partial charge on any atom is -0.461 e. The standard InChI is InChI=1S/C11H20ClNO2/c1-2-3-6-13-7-4-10(5-8-13)15-11(14)9-12/h10H,2-9H2,1H3. The Kier molecular flexibility index (Phi) is 6.03. The van der Waals surface area contributed by atoms with Crippen LogP contribution in [0.4, 0.5) is 0 Å². The van der Waals surface area contributed by atoms with Crippen molar-refractivity contribution in [2.24, 2.45) is 0 Å². The van der Waals surface area contributed by atoms with E-state index in [4.69, 9.17) is 16.3 Å². The Balaban J connectivity index is 2.15. The van der Waals surface area contributed by atoms with Crippen molar-refractivity contribution in [1.82, 2.24) is 4.90 Å². The molecule has 0 aliphatic carbocycles. The average Bonchev–Trinajstić information content (AvgIpc) is 2.28. The summed E-state index contributed by atoms with van der Waals surface area (Å²) < 4.78 is 5.20. The maximum absolute atomic E-state index is 11.0. The normalized spacial score (nSPS) is 19.1. The van der Waals surface area contributed by atoms with Gasteiger partial charge >= 0.3 is 5.97 Å². The van der Waals surface area contributed by atoms with Crippen LogP contribution in [-0.4, -0.2) is 42.5 Å². The Morgan fingerprint density at radius 3 is 2.67 bits per heavy atom. The molecule has 1 rings (SSSR count). The van der Waals surface area contributed by atoms with Gasteiger partial charge in [0.15, 0.2) is 0 Å². The molecule has 1 heterocycles. The van der Waals surface area contributed by atoms with Crippen LogP contribution in [0, 0.1) is 0 Å². The van der Waals surface area contributed by atoms with Gasteiger partial charge < -0.3 is 9.64 Å². The summed E-state index contributed by atoms with van der Waals surface area (Å²) in [6.07, 6.45) is 4.49. The summed E-state index contributed by atoms with van der Waals surface area (Å²) in [5.41, 5.74) is 0. The molecule has 0 bridgehead atoms. The molecule has 1 aliphatic rings. The zero-order valence-electron chi connectivity index (χ0n) is 9.38. The van der Waals surface area contributed by atoms with E-state index in [1.807, 2.05) is 0 Å². The number of hydrogen-bond donors (Lipinski definition) is 0. The van der Waals surface area contributed by atoms with Crippen LogP contribution < -0.4 is 0 Å². The fourth-order valence-corrected chi connectivity index (χ4v) is 1.91. The summed E-state index contributed by atoms with van der Waals surface area (Å²) in [7, 11) is 0. The number of piperidine rings is 1. The van der Waals surface area contributed by atoms with E-state index in [1.165, 1.54) is 19.4 Å². The third-order valence-electron chi connectivity index (χ3n) is 2.77. The van der Waals surface area contributed by atoms with Gasteiger partial charge in [-0.3, -0.25) is 4.79 Å². The molecule has 0 saturated carbocycles. The number of esters is 1. The van der Waals surface area contributed by atoms with Gasteiger partial charge in [0.05, 0.1) is 0 Å². The molecule has 1 fully saturated rings. The second kappa shape index (κ2) is 7.07. The maximum atomic E-state index is 11.0. The number of rotatable bonds is 5. The van der Waals surface area contributed by atoms with Gasteiger partial charge in [0.2, 0.25) is 0 Å². The highest BCUT2D eigenvalue weighted by Crippen LogP contribution is 2.14. The average molecular weight is 234 g/mol. The first kappa shape index (κ1) is 12.8. The lowest BCUT2D eigenvalue weighted by Crippen LogP contribution is -2.38. The molecule has 4 heteroatoms. The van der Waals surface area contributed by atoms with Crippen LogP contribution in [-0.2, 0) is 9.53 Å². The first-order chi connectivity index (χ1) is 7.26. The van der Waals surface area contributed by atoms with Crippen molar-refractivity contribution in [2.75, 3.05) is 25.5 Å². The van der Waals surface area contributed by atoms with Gasteiger partial charge in [0.25, 0.3) is 0 Å². The van der Waals surface area contributed by atoms with E-state index in [1.54, 1.807) is 0 Å². The molecule has 88 valence electrons. The number of ether oxygens (including phenoxy) is 1. The number of halogens is 1. The lowest BCUT2D eigenvalue weighted by Gasteiger charge is -2.31. The third kappa shape index (κ3) is 4.85. The molecular formula is C11H20ClNO2. The minimum absolute atomic E-state index is 0.0317. The van der Waals surface area contributed by atoms with Crippen molar-refractivity contribution < 1.29 is 9.53 Å². The zero-order chi connectivity index (χ0) is 11.1. The molecule has 3 nitrogen and oxygen atoms in total. The van der Waals surface area contributed by atoms with E-state index in [-0.39, 0.29) is 18.0 Å². The van der Waals surface area contributed by atoms with Gasteiger partial charge in [-0.05, 0) is 25.8 Å². The monoisotopic (exact) mass is 233 g/mol. The van der Waals surface area contributed by atoms with Crippen LogP contribution in [0.5, 0.6) is 0 Å². The van der Waals surface area contributed by atoms with Crippen LogP contribution in [0.1, 0.15) is 32.6 Å².